The molecule has 1 aromatic rings. The Balaban J connectivity index is 2.80. The maximum Gasteiger partial charge on any atom is 0.231 e. The second kappa shape index (κ2) is 7.63. The molecule has 0 bridgehead atoms. The van der Waals surface area contributed by atoms with Gasteiger partial charge in [0.05, 0.1) is 0 Å². The van der Waals surface area contributed by atoms with E-state index in [1.54, 1.807) is 0 Å². The summed E-state index contributed by atoms with van der Waals surface area (Å²) in [5.41, 5.74) is 0. The lowest BCUT2D eigenvalue weighted by atomic mass is 10.2. The van der Waals surface area contributed by atoms with E-state index in [9.17, 15) is 0 Å². The lowest BCUT2D eigenvalue weighted by molar-refractivity contribution is 0.652. The van der Waals surface area contributed by atoms with Gasteiger partial charge in [-0.15, -0.1) is 0 Å². The number of rotatable bonds is 7. The van der Waals surface area contributed by atoms with Gasteiger partial charge >= 0.3 is 0 Å². The van der Waals surface area contributed by atoms with Gasteiger partial charge in [0, 0.05) is 19.6 Å². The van der Waals surface area contributed by atoms with Crippen molar-refractivity contribution in [3.05, 3.63) is 5.28 Å². The summed E-state index contributed by atoms with van der Waals surface area (Å²) in [5, 5.41) is 3.27. The van der Waals surface area contributed by atoms with Gasteiger partial charge in [-0.25, -0.2) is 0 Å². The molecule has 5 nitrogen and oxygen atoms in total. The van der Waals surface area contributed by atoms with E-state index >= 15 is 0 Å². The number of aromatic nitrogens is 3. The summed E-state index contributed by atoms with van der Waals surface area (Å²) in [6, 6.07) is 0.366. The molecule has 102 valence electrons. The highest BCUT2D eigenvalue weighted by molar-refractivity contribution is 7.98. The number of nitrogens with zero attached hydrogens (tertiary/aromatic N) is 4. The van der Waals surface area contributed by atoms with Gasteiger partial charge in [0.2, 0.25) is 17.2 Å². The minimum atomic E-state index is 0.222. The van der Waals surface area contributed by atoms with Crippen LogP contribution in [0.5, 0.6) is 0 Å². The number of halogens is 1. The fourth-order valence-electron chi connectivity index (χ4n) is 1.41. The SMILES string of the molecule is CCNc1nc(Cl)nc(N(C)C(C)CCSC)n1. The van der Waals surface area contributed by atoms with Gasteiger partial charge < -0.3 is 10.2 Å². The van der Waals surface area contributed by atoms with Crippen molar-refractivity contribution < 1.29 is 0 Å². The van der Waals surface area contributed by atoms with Crippen molar-refractivity contribution in [3.8, 4) is 0 Å². The van der Waals surface area contributed by atoms with Crippen molar-refractivity contribution in [2.24, 2.45) is 0 Å². The smallest absolute Gasteiger partial charge is 0.231 e. The highest BCUT2D eigenvalue weighted by atomic mass is 35.5. The Bertz CT molecular complexity index is 376. The molecule has 1 heterocycles. The molecule has 0 aromatic carbocycles. The second-order valence-electron chi connectivity index (χ2n) is 4.00. The van der Waals surface area contributed by atoms with Crippen LogP contribution in [0, 0.1) is 0 Å². The minimum absolute atomic E-state index is 0.222. The third-order valence-corrected chi connectivity index (χ3v) is 3.46. The lowest BCUT2D eigenvalue weighted by Gasteiger charge is -2.24. The molecule has 7 heteroatoms. The maximum absolute atomic E-state index is 5.91. The summed E-state index contributed by atoms with van der Waals surface area (Å²) in [6.07, 6.45) is 3.19. The molecular weight excluding hydrogens is 270 g/mol. The summed E-state index contributed by atoms with van der Waals surface area (Å²) >= 11 is 7.74. The van der Waals surface area contributed by atoms with E-state index in [2.05, 4.69) is 33.4 Å². The normalized spacial score (nSPS) is 12.3. The van der Waals surface area contributed by atoms with Crippen molar-refractivity contribution in [2.45, 2.75) is 26.3 Å². The molecule has 0 radical (unpaired) electrons. The molecule has 18 heavy (non-hydrogen) atoms. The summed E-state index contributed by atoms with van der Waals surface area (Å²) < 4.78 is 0. The standard InChI is InChI=1S/C11H20ClN5S/c1-5-13-10-14-9(12)15-11(16-10)17(3)8(2)6-7-18-4/h8H,5-7H2,1-4H3,(H,13,14,15,16). The first-order chi connectivity index (χ1) is 8.58. The quantitative estimate of drug-likeness (QED) is 0.832. The Kier molecular flexibility index (Phi) is 6.49. The molecular formula is C11H20ClN5S. The monoisotopic (exact) mass is 289 g/mol. The van der Waals surface area contributed by atoms with E-state index in [4.69, 9.17) is 11.6 Å². The van der Waals surface area contributed by atoms with Gasteiger partial charge in [-0.2, -0.15) is 26.7 Å². The molecule has 0 fully saturated rings. The van der Waals surface area contributed by atoms with Crippen molar-refractivity contribution in [2.75, 3.05) is 35.8 Å². The average molecular weight is 290 g/mol. The van der Waals surface area contributed by atoms with E-state index in [0.29, 0.717) is 17.9 Å². The van der Waals surface area contributed by atoms with E-state index in [0.717, 1.165) is 18.7 Å². The fraction of sp³-hybridized carbons (Fsp3) is 0.727. The molecule has 1 rings (SSSR count). The van der Waals surface area contributed by atoms with Crippen LogP contribution in [0.3, 0.4) is 0 Å². The van der Waals surface area contributed by atoms with Crippen LogP contribution in [0.1, 0.15) is 20.3 Å². The zero-order valence-electron chi connectivity index (χ0n) is 11.3. The number of anilines is 2. The summed E-state index contributed by atoms with van der Waals surface area (Å²) in [4.78, 5) is 14.6. The summed E-state index contributed by atoms with van der Waals surface area (Å²) in [7, 11) is 1.98. The van der Waals surface area contributed by atoms with Crippen LogP contribution in [0.2, 0.25) is 5.28 Å². The van der Waals surface area contributed by atoms with Crippen molar-refractivity contribution >= 4 is 35.3 Å². The fourth-order valence-corrected chi connectivity index (χ4v) is 2.15. The topological polar surface area (TPSA) is 53.9 Å². The average Bonchev–Trinajstić information content (AvgIpc) is 2.34. The van der Waals surface area contributed by atoms with Crippen LogP contribution in [0.15, 0.2) is 0 Å². The number of thioether (sulfide) groups is 1. The molecule has 0 saturated heterocycles. The molecule has 0 aliphatic heterocycles. The maximum atomic E-state index is 5.91. The Morgan fingerprint density at radius 1 is 1.39 bits per heavy atom. The van der Waals surface area contributed by atoms with E-state index in [1.807, 2.05) is 30.6 Å². The van der Waals surface area contributed by atoms with Crippen molar-refractivity contribution in [1.82, 2.24) is 15.0 Å². The van der Waals surface area contributed by atoms with Gasteiger partial charge in [0.25, 0.3) is 0 Å². The molecule has 0 aliphatic carbocycles. The lowest BCUT2D eigenvalue weighted by Crippen LogP contribution is -2.31. The molecule has 1 N–H and O–H groups in total. The zero-order valence-corrected chi connectivity index (χ0v) is 12.8. The van der Waals surface area contributed by atoms with Gasteiger partial charge in [-0.05, 0) is 43.9 Å². The summed E-state index contributed by atoms with van der Waals surface area (Å²) in [6.45, 7) is 4.90. The van der Waals surface area contributed by atoms with E-state index in [-0.39, 0.29) is 5.28 Å². The largest absolute Gasteiger partial charge is 0.354 e. The number of nitrogens with one attached hydrogen (secondary N) is 1. The Hall–Kier alpha value is -0.750. The van der Waals surface area contributed by atoms with E-state index in [1.165, 1.54) is 0 Å². The summed E-state index contributed by atoms with van der Waals surface area (Å²) in [5.74, 6) is 2.25. The highest BCUT2D eigenvalue weighted by Gasteiger charge is 2.14. The highest BCUT2D eigenvalue weighted by Crippen LogP contribution is 2.16. The Morgan fingerprint density at radius 2 is 2.11 bits per heavy atom. The van der Waals surface area contributed by atoms with Crippen LogP contribution in [0.4, 0.5) is 11.9 Å². The second-order valence-corrected chi connectivity index (χ2v) is 5.32. The van der Waals surface area contributed by atoms with Crippen LogP contribution in [-0.2, 0) is 0 Å². The van der Waals surface area contributed by atoms with E-state index < -0.39 is 0 Å². The Labute approximate surface area is 118 Å². The molecule has 1 aromatic heterocycles. The van der Waals surface area contributed by atoms with Gasteiger partial charge in [-0.1, -0.05) is 0 Å². The molecule has 0 amide bonds. The third-order valence-electron chi connectivity index (χ3n) is 2.65. The third kappa shape index (κ3) is 4.49. The van der Waals surface area contributed by atoms with Crippen LogP contribution < -0.4 is 10.2 Å². The van der Waals surface area contributed by atoms with Crippen molar-refractivity contribution in [3.63, 3.8) is 0 Å². The first kappa shape index (κ1) is 15.3. The predicted octanol–water partition coefficient (Wildman–Crippen LogP) is 2.53. The first-order valence-corrected chi connectivity index (χ1v) is 7.72. The van der Waals surface area contributed by atoms with Gasteiger partial charge in [0.1, 0.15) is 0 Å². The molecule has 0 saturated carbocycles. The number of hydrogen-bond donors (Lipinski definition) is 1. The minimum Gasteiger partial charge on any atom is -0.354 e. The molecule has 1 atom stereocenters. The van der Waals surface area contributed by atoms with Crippen LogP contribution in [-0.4, -0.2) is 46.6 Å². The van der Waals surface area contributed by atoms with Crippen molar-refractivity contribution in [1.29, 1.82) is 0 Å². The van der Waals surface area contributed by atoms with Gasteiger partial charge in [-0.3, -0.25) is 0 Å². The number of hydrogen-bond acceptors (Lipinski definition) is 6. The van der Waals surface area contributed by atoms with Crippen LogP contribution in [0.25, 0.3) is 0 Å². The Morgan fingerprint density at radius 3 is 2.72 bits per heavy atom. The van der Waals surface area contributed by atoms with Crippen LogP contribution >= 0.6 is 23.4 Å². The molecule has 1 unspecified atom stereocenters. The first-order valence-electron chi connectivity index (χ1n) is 5.95. The predicted molar refractivity (Wildman–Crippen MR) is 79.9 cm³/mol. The zero-order chi connectivity index (χ0) is 13.5. The molecule has 0 spiro atoms. The molecule has 0 aliphatic rings. The van der Waals surface area contributed by atoms with Gasteiger partial charge in [0.15, 0.2) is 0 Å².